The number of rotatable bonds is 6. The van der Waals surface area contributed by atoms with Crippen LogP contribution in [0.1, 0.15) is 24.0 Å². The number of nitrogens with one attached hydrogen (secondary N) is 2. The molecule has 1 aliphatic rings. The van der Waals surface area contributed by atoms with Gasteiger partial charge in [0.2, 0.25) is 11.8 Å². The summed E-state index contributed by atoms with van der Waals surface area (Å²) in [5.74, 6) is -0.148. The molecule has 0 bridgehead atoms. The van der Waals surface area contributed by atoms with Gasteiger partial charge in [-0.2, -0.15) is 0 Å². The molecule has 25 heavy (non-hydrogen) atoms. The van der Waals surface area contributed by atoms with Crippen molar-refractivity contribution in [1.82, 2.24) is 5.32 Å². The first kappa shape index (κ1) is 17.5. The lowest BCUT2D eigenvalue weighted by molar-refractivity contribution is -0.122. The van der Waals surface area contributed by atoms with E-state index >= 15 is 0 Å². The number of para-hydroxylation sites is 1. The van der Waals surface area contributed by atoms with Gasteiger partial charge in [-0.25, -0.2) is 0 Å². The first-order chi connectivity index (χ1) is 12.1. The normalized spacial score (nSPS) is 16.0. The topological polar surface area (TPSA) is 58.2 Å². The molecular formula is C20H21ClN2O2. The van der Waals surface area contributed by atoms with Gasteiger partial charge in [-0.1, -0.05) is 41.9 Å². The van der Waals surface area contributed by atoms with Crippen LogP contribution in [-0.4, -0.2) is 18.4 Å². The highest BCUT2D eigenvalue weighted by atomic mass is 35.5. The highest BCUT2D eigenvalue weighted by Gasteiger charge is 2.26. The summed E-state index contributed by atoms with van der Waals surface area (Å²) in [6.07, 6.45) is 2.38. The molecule has 0 saturated heterocycles. The van der Waals surface area contributed by atoms with Crippen LogP contribution in [0.15, 0.2) is 48.5 Å². The lowest BCUT2D eigenvalue weighted by atomic mass is 9.89. The van der Waals surface area contributed by atoms with Gasteiger partial charge in [-0.05, 0) is 48.6 Å². The van der Waals surface area contributed by atoms with Gasteiger partial charge in [-0.3, -0.25) is 9.59 Å². The standard InChI is InChI=1S/C20H21ClN2O2/c21-17-8-5-14(6-9-17)11-12-22-19(24)10-7-16-13-15-3-1-2-4-18(15)23-20(16)25/h1-6,8-9,16H,7,10-13H2,(H,22,24)(H,23,25). The molecule has 0 radical (unpaired) electrons. The zero-order valence-corrected chi connectivity index (χ0v) is 14.7. The van der Waals surface area contributed by atoms with E-state index in [9.17, 15) is 9.59 Å². The lowest BCUT2D eigenvalue weighted by Crippen LogP contribution is -2.32. The van der Waals surface area contributed by atoms with Gasteiger partial charge in [0.05, 0.1) is 0 Å². The maximum absolute atomic E-state index is 12.1. The molecule has 2 aromatic rings. The monoisotopic (exact) mass is 356 g/mol. The molecule has 1 unspecified atom stereocenters. The minimum Gasteiger partial charge on any atom is -0.356 e. The van der Waals surface area contributed by atoms with E-state index in [4.69, 9.17) is 11.6 Å². The Bertz CT molecular complexity index is 759. The largest absolute Gasteiger partial charge is 0.356 e. The van der Waals surface area contributed by atoms with E-state index in [1.165, 1.54) is 0 Å². The molecule has 1 heterocycles. The van der Waals surface area contributed by atoms with Gasteiger partial charge >= 0.3 is 0 Å². The molecule has 0 aromatic heterocycles. The number of carbonyl (C=O) groups excluding carboxylic acids is 2. The third-order valence-electron chi connectivity index (χ3n) is 4.48. The van der Waals surface area contributed by atoms with Gasteiger partial charge in [-0.15, -0.1) is 0 Å². The van der Waals surface area contributed by atoms with E-state index in [0.717, 1.165) is 23.2 Å². The fraction of sp³-hybridized carbons (Fsp3) is 0.300. The number of amides is 2. The van der Waals surface area contributed by atoms with E-state index in [1.54, 1.807) is 0 Å². The van der Waals surface area contributed by atoms with Crippen molar-refractivity contribution >= 4 is 29.1 Å². The van der Waals surface area contributed by atoms with Crippen LogP contribution in [0.4, 0.5) is 5.69 Å². The minimum absolute atomic E-state index is 0.00710. The van der Waals surface area contributed by atoms with E-state index < -0.39 is 0 Å². The van der Waals surface area contributed by atoms with Crippen molar-refractivity contribution in [2.24, 2.45) is 5.92 Å². The molecule has 0 spiro atoms. The second-order valence-electron chi connectivity index (χ2n) is 6.31. The summed E-state index contributed by atoms with van der Waals surface area (Å²) in [6, 6.07) is 15.4. The fourth-order valence-electron chi connectivity index (χ4n) is 3.04. The number of fused-ring (bicyclic) bond motifs is 1. The average Bonchev–Trinajstić information content (AvgIpc) is 2.61. The number of anilines is 1. The molecule has 4 nitrogen and oxygen atoms in total. The molecule has 3 rings (SSSR count). The first-order valence-electron chi connectivity index (χ1n) is 8.52. The Morgan fingerprint density at radius 2 is 1.92 bits per heavy atom. The maximum Gasteiger partial charge on any atom is 0.227 e. The predicted molar refractivity (Wildman–Crippen MR) is 99.7 cm³/mol. The fourth-order valence-corrected chi connectivity index (χ4v) is 3.16. The summed E-state index contributed by atoms with van der Waals surface area (Å²) in [6.45, 7) is 0.583. The van der Waals surface area contributed by atoms with Crippen LogP contribution in [0.2, 0.25) is 5.02 Å². The predicted octanol–water partition coefficient (Wildman–Crippen LogP) is 3.59. The van der Waals surface area contributed by atoms with Crippen LogP contribution in [0, 0.1) is 5.92 Å². The summed E-state index contributed by atoms with van der Waals surface area (Å²) in [5.41, 5.74) is 3.15. The van der Waals surface area contributed by atoms with Gasteiger partial charge in [0.25, 0.3) is 0 Å². The number of hydrogen-bond donors (Lipinski definition) is 2. The molecule has 0 fully saturated rings. The van der Waals surface area contributed by atoms with Crippen LogP contribution < -0.4 is 10.6 Å². The number of halogens is 1. The summed E-state index contributed by atoms with van der Waals surface area (Å²) in [5, 5.41) is 6.55. The molecule has 0 saturated carbocycles. The molecule has 2 N–H and O–H groups in total. The number of carbonyl (C=O) groups is 2. The van der Waals surface area contributed by atoms with Crippen molar-refractivity contribution < 1.29 is 9.59 Å². The van der Waals surface area contributed by atoms with Crippen molar-refractivity contribution in [3.63, 3.8) is 0 Å². The zero-order valence-electron chi connectivity index (χ0n) is 13.9. The van der Waals surface area contributed by atoms with Gasteiger partial charge in [0.15, 0.2) is 0 Å². The van der Waals surface area contributed by atoms with Crippen LogP contribution in [0.3, 0.4) is 0 Å². The summed E-state index contributed by atoms with van der Waals surface area (Å²) < 4.78 is 0. The van der Waals surface area contributed by atoms with Gasteiger partial charge < -0.3 is 10.6 Å². The van der Waals surface area contributed by atoms with Crippen molar-refractivity contribution in [3.05, 3.63) is 64.7 Å². The Kier molecular flexibility index (Phi) is 5.71. The Balaban J connectivity index is 1.42. The Morgan fingerprint density at radius 3 is 2.72 bits per heavy atom. The van der Waals surface area contributed by atoms with Crippen molar-refractivity contribution in [2.45, 2.75) is 25.7 Å². The Labute approximate surface area is 152 Å². The number of hydrogen-bond acceptors (Lipinski definition) is 2. The van der Waals surface area contributed by atoms with Crippen LogP contribution in [-0.2, 0) is 22.4 Å². The van der Waals surface area contributed by atoms with Gasteiger partial charge in [0, 0.05) is 29.6 Å². The molecular weight excluding hydrogens is 336 g/mol. The van der Waals surface area contributed by atoms with Crippen LogP contribution in [0.25, 0.3) is 0 Å². The molecule has 1 atom stereocenters. The van der Waals surface area contributed by atoms with E-state index in [0.29, 0.717) is 30.8 Å². The van der Waals surface area contributed by atoms with Crippen LogP contribution in [0.5, 0.6) is 0 Å². The smallest absolute Gasteiger partial charge is 0.227 e. The second kappa shape index (κ2) is 8.17. The highest BCUT2D eigenvalue weighted by Crippen LogP contribution is 2.27. The van der Waals surface area contributed by atoms with Crippen molar-refractivity contribution in [2.75, 3.05) is 11.9 Å². The van der Waals surface area contributed by atoms with Gasteiger partial charge in [0.1, 0.15) is 0 Å². The first-order valence-corrected chi connectivity index (χ1v) is 8.89. The third-order valence-corrected chi connectivity index (χ3v) is 4.73. The third kappa shape index (κ3) is 4.83. The van der Waals surface area contributed by atoms with E-state index in [1.807, 2.05) is 48.5 Å². The molecule has 2 amide bonds. The summed E-state index contributed by atoms with van der Waals surface area (Å²) in [7, 11) is 0. The summed E-state index contributed by atoms with van der Waals surface area (Å²) in [4.78, 5) is 24.2. The molecule has 1 aliphatic heterocycles. The molecule has 2 aromatic carbocycles. The molecule has 5 heteroatoms. The highest BCUT2D eigenvalue weighted by molar-refractivity contribution is 6.30. The lowest BCUT2D eigenvalue weighted by Gasteiger charge is -2.24. The Hall–Kier alpha value is -2.33. The zero-order chi connectivity index (χ0) is 17.6. The SMILES string of the molecule is O=C(CCC1Cc2ccccc2NC1=O)NCCc1ccc(Cl)cc1. The quantitative estimate of drug-likeness (QED) is 0.831. The second-order valence-corrected chi connectivity index (χ2v) is 6.75. The number of benzene rings is 2. The Morgan fingerprint density at radius 1 is 1.16 bits per heavy atom. The van der Waals surface area contributed by atoms with Crippen LogP contribution >= 0.6 is 11.6 Å². The molecule has 0 aliphatic carbocycles. The van der Waals surface area contributed by atoms with Crippen molar-refractivity contribution in [3.8, 4) is 0 Å². The van der Waals surface area contributed by atoms with E-state index in [2.05, 4.69) is 10.6 Å². The average molecular weight is 357 g/mol. The minimum atomic E-state index is -0.142. The van der Waals surface area contributed by atoms with Crippen molar-refractivity contribution in [1.29, 1.82) is 0 Å². The summed E-state index contributed by atoms with van der Waals surface area (Å²) >= 11 is 5.85. The maximum atomic E-state index is 12.1. The van der Waals surface area contributed by atoms with E-state index in [-0.39, 0.29) is 17.7 Å². The molecule has 130 valence electrons.